The van der Waals surface area contributed by atoms with Gasteiger partial charge in [0.05, 0.1) is 10.2 Å². The number of thiazole rings is 1. The van der Waals surface area contributed by atoms with Gasteiger partial charge in [-0.3, -0.25) is 5.32 Å². The summed E-state index contributed by atoms with van der Waals surface area (Å²) >= 11 is 1.34. The predicted molar refractivity (Wildman–Crippen MR) is 82.7 cm³/mol. The lowest BCUT2D eigenvalue weighted by molar-refractivity contribution is -0.141. The number of carboxylic acids is 1. The summed E-state index contributed by atoms with van der Waals surface area (Å²) in [6.07, 6.45) is 0. The minimum absolute atomic E-state index is 0.437. The van der Waals surface area contributed by atoms with Crippen LogP contribution >= 0.6 is 11.3 Å². The highest BCUT2D eigenvalue weighted by molar-refractivity contribution is 7.22. The van der Waals surface area contributed by atoms with E-state index in [0.717, 1.165) is 10.2 Å². The molecular formula is C14H17N3O3S. The molecule has 0 unspecified atom stereocenters. The highest BCUT2D eigenvalue weighted by atomic mass is 32.1. The summed E-state index contributed by atoms with van der Waals surface area (Å²) in [5.41, 5.74) is 0.208. The molecule has 0 aliphatic heterocycles. The second kappa shape index (κ2) is 5.69. The zero-order valence-corrected chi connectivity index (χ0v) is 12.8. The van der Waals surface area contributed by atoms with Crippen LogP contribution in [0, 0.1) is 5.41 Å². The van der Waals surface area contributed by atoms with E-state index in [0.29, 0.717) is 5.13 Å². The molecule has 3 N–H and O–H groups in total. The standard InChI is InChI=1S/C14H17N3O3S/c1-14(2,3)10(11(18)19)16-12(20)17-13-15-8-6-4-5-7-9(8)21-13/h4-7,10H,1-3H3,(H,18,19)(H2,15,16,17,20)/t10-/m1/s1. The van der Waals surface area contributed by atoms with E-state index in [-0.39, 0.29) is 0 Å². The first-order valence-electron chi connectivity index (χ1n) is 6.43. The number of carbonyl (C=O) groups excluding carboxylic acids is 1. The largest absolute Gasteiger partial charge is 0.480 e. The van der Waals surface area contributed by atoms with Crippen molar-refractivity contribution in [1.29, 1.82) is 0 Å². The molecule has 0 aliphatic carbocycles. The Morgan fingerprint density at radius 1 is 1.29 bits per heavy atom. The fraction of sp³-hybridized carbons (Fsp3) is 0.357. The van der Waals surface area contributed by atoms with E-state index in [1.165, 1.54) is 11.3 Å². The number of fused-ring (bicyclic) bond motifs is 1. The topological polar surface area (TPSA) is 91.3 Å². The molecule has 0 saturated carbocycles. The predicted octanol–water partition coefficient (Wildman–Crippen LogP) is 2.92. The molecule has 0 spiro atoms. The van der Waals surface area contributed by atoms with Gasteiger partial charge < -0.3 is 10.4 Å². The number of urea groups is 1. The van der Waals surface area contributed by atoms with Gasteiger partial charge in [0.25, 0.3) is 0 Å². The monoisotopic (exact) mass is 307 g/mol. The average molecular weight is 307 g/mol. The van der Waals surface area contributed by atoms with Crippen LogP contribution in [0.15, 0.2) is 24.3 Å². The molecule has 1 aromatic carbocycles. The normalized spacial score (nSPS) is 12.9. The van der Waals surface area contributed by atoms with Crippen molar-refractivity contribution in [2.24, 2.45) is 5.41 Å². The molecule has 1 heterocycles. The molecular weight excluding hydrogens is 290 g/mol. The summed E-state index contributed by atoms with van der Waals surface area (Å²) in [6.45, 7) is 5.26. The van der Waals surface area contributed by atoms with Gasteiger partial charge in [0.2, 0.25) is 0 Å². The van der Waals surface area contributed by atoms with E-state index in [2.05, 4.69) is 15.6 Å². The number of benzene rings is 1. The van der Waals surface area contributed by atoms with Crippen LogP contribution in [0.25, 0.3) is 10.2 Å². The fourth-order valence-corrected chi connectivity index (χ4v) is 2.70. The Morgan fingerprint density at radius 2 is 1.95 bits per heavy atom. The number of nitrogens with zero attached hydrogens (tertiary/aromatic N) is 1. The third kappa shape index (κ3) is 3.69. The van der Waals surface area contributed by atoms with Crippen LogP contribution in [0.1, 0.15) is 20.8 Å². The lowest BCUT2D eigenvalue weighted by atomic mass is 9.87. The number of nitrogens with one attached hydrogen (secondary N) is 2. The van der Waals surface area contributed by atoms with Crippen molar-refractivity contribution in [1.82, 2.24) is 10.3 Å². The molecule has 0 radical (unpaired) electrons. The van der Waals surface area contributed by atoms with Crippen LogP contribution in [-0.2, 0) is 4.79 Å². The van der Waals surface area contributed by atoms with Gasteiger partial charge in [-0.1, -0.05) is 44.2 Å². The Bertz CT molecular complexity index is 642. The van der Waals surface area contributed by atoms with Crippen LogP contribution in [0.5, 0.6) is 0 Å². The number of hydrogen-bond donors (Lipinski definition) is 3. The average Bonchev–Trinajstić information content (AvgIpc) is 2.76. The van der Waals surface area contributed by atoms with Gasteiger partial charge in [0, 0.05) is 0 Å². The minimum Gasteiger partial charge on any atom is -0.480 e. The van der Waals surface area contributed by atoms with Crippen molar-refractivity contribution in [3.63, 3.8) is 0 Å². The van der Waals surface area contributed by atoms with E-state index in [9.17, 15) is 14.7 Å². The molecule has 2 amide bonds. The minimum atomic E-state index is -1.07. The molecule has 112 valence electrons. The third-order valence-corrected chi connectivity index (χ3v) is 3.85. The van der Waals surface area contributed by atoms with Crippen LogP contribution in [0.2, 0.25) is 0 Å². The summed E-state index contributed by atoms with van der Waals surface area (Å²) in [5.74, 6) is -1.07. The fourth-order valence-electron chi connectivity index (χ4n) is 1.84. The summed E-state index contributed by atoms with van der Waals surface area (Å²) in [7, 11) is 0. The number of para-hydroxylation sites is 1. The number of rotatable bonds is 3. The molecule has 0 fully saturated rings. The number of amides is 2. The number of carbonyl (C=O) groups is 2. The molecule has 0 saturated heterocycles. The molecule has 2 aromatic rings. The van der Waals surface area contributed by atoms with Gasteiger partial charge in [-0.2, -0.15) is 0 Å². The highest BCUT2D eigenvalue weighted by Gasteiger charge is 2.32. The van der Waals surface area contributed by atoms with Crippen LogP contribution in [0.3, 0.4) is 0 Å². The SMILES string of the molecule is CC(C)(C)[C@H](NC(=O)Nc1nc2ccccc2s1)C(=O)O. The molecule has 0 bridgehead atoms. The second-order valence-electron chi connectivity index (χ2n) is 5.72. The lowest BCUT2D eigenvalue weighted by Crippen LogP contribution is -2.50. The van der Waals surface area contributed by atoms with Crippen LogP contribution < -0.4 is 10.6 Å². The number of carboxylic acid groups (broad SMARTS) is 1. The summed E-state index contributed by atoms with van der Waals surface area (Å²) in [4.78, 5) is 27.4. The molecule has 6 nitrogen and oxygen atoms in total. The van der Waals surface area contributed by atoms with Gasteiger partial charge in [0.1, 0.15) is 6.04 Å². The van der Waals surface area contributed by atoms with Crippen molar-refractivity contribution < 1.29 is 14.7 Å². The maximum Gasteiger partial charge on any atom is 0.326 e. The van der Waals surface area contributed by atoms with Gasteiger partial charge >= 0.3 is 12.0 Å². The van der Waals surface area contributed by atoms with Crippen molar-refractivity contribution in [2.75, 3.05) is 5.32 Å². The van der Waals surface area contributed by atoms with Gasteiger partial charge in [-0.25, -0.2) is 14.6 Å². The van der Waals surface area contributed by atoms with Gasteiger partial charge in [-0.05, 0) is 17.5 Å². The zero-order valence-electron chi connectivity index (χ0n) is 12.0. The summed E-state index contributed by atoms with van der Waals surface area (Å²) in [6, 6.07) is 5.97. The smallest absolute Gasteiger partial charge is 0.326 e. The molecule has 21 heavy (non-hydrogen) atoms. The number of hydrogen-bond acceptors (Lipinski definition) is 4. The Kier molecular flexibility index (Phi) is 4.13. The highest BCUT2D eigenvalue weighted by Crippen LogP contribution is 2.25. The van der Waals surface area contributed by atoms with E-state index in [1.807, 2.05) is 24.3 Å². The van der Waals surface area contributed by atoms with Gasteiger partial charge in [0.15, 0.2) is 5.13 Å². The first kappa shape index (κ1) is 15.2. The first-order valence-corrected chi connectivity index (χ1v) is 7.25. The number of aromatic nitrogens is 1. The molecule has 7 heteroatoms. The second-order valence-corrected chi connectivity index (χ2v) is 6.75. The molecule has 1 atom stereocenters. The summed E-state index contributed by atoms with van der Waals surface area (Å²) < 4.78 is 0.957. The van der Waals surface area contributed by atoms with E-state index < -0.39 is 23.5 Å². The van der Waals surface area contributed by atoms with Crippen LogP contribution in [0.4, 0.5) is 9.93 Å². The van der Waals surface area contributed by atoms with Crippen molar-refractivity contribution >= 4 is 38.7 Å². The quantitative estimate of drug-likeness (QED) is 0.813. The number of anilines is 1. The van der Waals surface area contributed by atoms with Crippen molar-refractivity contribution in [2.45, 2.75) is 26.8 Å². The molecule has 1 aromatic heterocycles. The van der Waals surface area contributed by atoms with E-state index in [1.54, 1.807) is 20.8 Å². The third-order valence-electron chi connectivity index (χ3n) is 2.90. The van der Waals surface area contributed by atoms with Gasteiger partial charge in [-0.15, -0.1) is 0 Å². The maximum atomic E-state index is 11.9. The summed E-state index contributed by atoms with van der Waals surface area (Å²) in [5, 5.41) is 14.7. The molecule has 0 aliphatic rings. The Hall–Kier alpha value is -2.15. The van der Waals surface area contributed by atoms with Crippen molar-refractivity contribution in [3.05, 3.63) is 24.3 Å². The number of aliphatic carboxylic acids is 1. The Labute approximate surface area is 126 Å². The zero-order chi connectivity index (χ0) is 15.6. The lowest BCUT2D eigenvalue weighted by Gasteiger charge is -2.27. The maximum absolute atomic E-state index is 11.9. The van der Waals surface area contributed by atoms with E-state index in [4.69, 9.17) is 0 Å². The van der Waals surface area contributed by atoms with Crippen molar-refractivity contribution in [3.8, 4) is 0 Å². The Balaban J connectivity index is 2.08. The van der Waals surface area contributed by atoms with Crippen LogP contribution in [-0.4, -0.2) is 28.1 Å². The first-order chi connectivity index (χ1) is 9.77. The Morgan fingerprint density at radius 3 is 2.52 bits per heavy atom. The van der Waals surface area contributed by atoms with E-state index >= 15 is 0 Å². The molecule has 2 rings (SSSR count).